The van der Waals surface area contributed by atoms with Crippen LogP contribution in [-0.2, 0) is 10.8 Å². The van der Waals surface area contributed by atoms with E-state index in [4.69, 9.17) is 0 Å². The summed E-state index contributed by atoms with van der Waals surface area (Å²) in [5.41, 5.74) is 8.18. The van der Waals surface area contributed by atoms with E-state index in [9.17, 15) is 0 Å². The standard InChI is InChI=1S/C36H35F/c1-35(2,3)27-18-16-25(17-19-27)28-20-21-29(31-15-11-10-14-30(28)31)26-22-32(24-12-8-7-9-13-24)34(33(37)23-26)36(4,5)6/h7-23H,1-6H3. The predicted molar refractivity (Wildman–Crippen MR) is 158 cm³/mol. The Labute approximate surface area is 220 Å². The van der Waals surface area contributed by atoms with E-state index in [0.29, 0.717) is 0 Å². The van der Waals surface area contributed by atoms with Gasteiger partial charge in [-0.25, -0.2) is 4.39 Å². The molecule has 0 aromatic heterocycles. The summed E-state index contributed by atoms with van der Waals surface area (Å²) in [5, 5.41) is 2.30. The Bertz CT molecular complexity index is 1560. The smallest absolute Gasteiger partial charge is 0.128 e. The molecule has 186 valence electrons. The fourth-order valence-electron chi connectivity index (χ4n) is 5.32. The highest BCUT2D eigenvalue weighted by Crippen LogP contribution is 2.41. The normalized spacial score (nSPS) is 12.2. The van der Waals surface area contributed by atoms with Crippen LogP contribution in [0.4, 0.5) is 4.39 Å². The van der Waals surface area contributed by atoms with E-state index in [2.05, 4.69) is 120 Å². The molecule has 0 heterocycles. The second-order valence-corrected chi connectivity index (χ2v) is 12.0. The lowest BCUT2D eigenvalue weighted by Crippen LogP contribution is -2.15. The Kier molecular flexibility index (Phi) is 6.28. The van der Waals surface area contributed by atoms with Crippen molar-refractivity contribution in [3.05, 3.63) is 120 Å². The van der Waals surface area contributed by atoms with Gasteiger partial charge in [-0.1, -0.05) is 133 Å². The van der Waals surface area contributed by atoms with Crippen LogP contribution in [0.15, 0.2) is 103 Å². The summed E-state index contributed by atoms with van der Waals surface area (Å²) in [6, 6.07) is 35.7. The maximum Gasteiger partial charge on any atom is 0.128 e. The molecule has 0 spiro atoms. The molecule has 0 fully saturated rings. The highest BCUT2D eigenvalue weighted by atomic mass is 19.1. The van der Waals surface area contributed by atoms with E-state index < -0.39 is 0 Å². The predicted octanol–water partition coefficient (Wildman–Crippen LogP) is 10.6. The van der Waals surface area contributed by atoms with E-state index in [0.717, 1.165) is 33.2 Å². The van der Waals surface area contributed by atoms with Gasteiger partial charge in [0.25, 0.3) is 0 Å². The molecule has 0 aliphatic carbocycles. The van der Waals surface area contributed by atoms with Gasteiger partial charge in [0, 0.05) is 5.56 Å². The third-order valence-corrected chi connectivity index (χ3v) is 7.22. The minimum Gasteiger partial charge on any atom is -0.207 e. The van der Waals surface area contributed by atoms with Crippen LogP contribution in [-0.4, -0.2) is 0 Å². The van der Waals surface area contributed by atoms with Crippen LogP contribution in [0, 0.1) is 5.82 Å². The van der Waals surface area contributed by atoms with Crippen molar-refractivity contribution in [3.63, 3.8) is 0 Å². The number of hydrogen-bond acceptors (Lipinski definition) is 0. The van der Waals surface area contributed by atoms with Crippen molar-refractivity contribution in [1.29, 1.82) is 0 Å². The third kappa shape index (κ3) is 4.83. The highest BCUT2D eigenvalue weighted by Gasteiger charge is 2.25. The summed E-state index contributed by atoms with van der Waals surface area (Å²) in [5.74, 6) is -0.158. The summed E-state index contributed by atoms with van der Waals surface area (Å²) >= 11 is 0. The fourth-order valence-corrected chi connectivity index (χ4v) is 5.32. The lowest BCUT2D eigenvalue weighted by Gasteiger charge is -2.25. The lowest BCUT2D eigenvalue weighted by atomic mass is 9.79. The Morgan fingerprint density at radius 3 is 1.51 bits per heavy atom. The molecule has 1 heteroatoms. The molecule has 37 heavy (non-hydrogen) atoms. The first-order valence-corrected chi connectivity index (χ1v) is 13.1. The van der Waals surface area contributed by atoms with Crippen LogP contribution in [0.1, 0.15) is 52.7 Å². The average molecular weight is 487 g/mol. The van der Waals surface area contributed by atoms with E-state index in [1.165, 1.54) is 22.1 Å². The molecule has 0 bridgehead atoms. The summed E-state index contributed by atoms with van der Waals surface area (Å²) in [4.78, 5) is 0. The minimum atomic E-state index is -0.321. The zero-order chi connectivity index (χ0) is 26.4. The Balaban J connectivity index is 1.70. The van der Waals surface area contributed by atoms with Gasteiger partial charge in [0.15, 0.2) is 0 Å². The number of halogens is 1. The molecule has 0 unspecified atom stereocenters. The molecular formula is C36H35F. The maximum absolute atomic E-state index is 15.9. The minimum absolute atomic E-state index is 0.115. The lowest BCUT2D eigenvalue weighted by molar-refractivity contribution is 0.525. The molecule has 0 radical (unpaired) electrons. The van der Waals surface area contributed by atoms with E-state index in [-0.39, 0.29) is 16.6 Å². The molecule has 0 saturated carbocycles. The van der Waals surface area contributed by atoms with E-state index in [1.54, 1.807) is 6.07 Å². The van der Waals surface area contributed by atoms with Crippen molar-refractivity contribution in [1.82, 2.24) is 0 Å². The van der Waals surface area contributed by atoms with Crippen LogP contribution in [0.3, 0.4) is 0 Å². The maximum atomic E-state index is 15.9. The van der Waals surface area contributed by atoms with Gasteiger partial charge >= 0.3 is 0 Å². The number of rotatable bonds is 3. The van der Waals surface area contributed by atoms with Crippen molar-refractivity contribution in [2.24, 2.45) is 0 Å². The quantitative estimate of drug-likeness (QED) is 0.238. The van der Waals surface area contributed by atoms with Crippen molar-refractivity contribution in [2.75, 3.05) is 0 Å². The summed E-state index contributed by atoms with van der Waals surface area (Å²) < 4.78 is 15.9. The monoisotopic (exact) mass is 486 g/mol. The second-order valence-electron chi connectivity index (χ2n) is 12.0. The van der Waals surface area contributed by atoms with Gasteiger partial charge in [-0.05, 0) is 72.7 Å². The van der Waals surface area contributed by atoms with Crippen molar-refractivity contribution >= 4 is 10.8 Å². The summed E-state index contributed by atoms with van der Waals surface area (Å²) in [7, 11) is 0. The summed E-state index contributed by atoms with van der Waals surface area (Å²) in [6.07, 6.45) is 0. The zero-order valence-electron chi connectivity index (χ0n) is 22.7. The Hall–Kier alpha value is -3.71. The SMILES string of the molecule is CC(C)(C)c1ccc(-c2ccc(-c3cc(F)c(C(C)(C)C)c(-c4ccccc4)c3)c3ccccc23)cc1. The van der Waals surface area contributed by atoms with E-state index >= 15 is 4.39 Å². The van der Waals surface area contributed by atoms with Crippen molar-refractivity contribution < 1.29 is 4.39 Å². The van der Waals surface area contributed by atoms with Gasteiger partial charge < -0.3 is 0 Å². The number of hydrogen-bond donors (Lipinski definition) is 0. The van der Waals surface area contributed by atoms with Gasteiger partial charge in [0.2, 0.25) is 0 Å². The molecular weight excluding hydrogens is 451 g/mol. The van der Waals surface area contributed by atoms with Gasteiger partial charge in [-0.2, -0.15) is 0 Å². The third-order valence-electron chi connectivity index (χ3n) is 7.22. The van der Waals surface area contributed by atoms with Gasteiger partial charge in [-0.15, -0.1) is 0 Å². The van der Waals surface area contributed by atoms with Crippen LogP contribution in [0.5, 0.6) is 0 Å². The Morgan fingerprint density at radius 2 is 0.973 bits per heavy atom. The average Bonchev–Trinajstić information content (AvgIpc) is 2.87. The fraction of sp³-hybridized carbons (Fsp3) is 0.222. The first-order chi connectivity index (χ1) is 17.5. The molecule has 0 saturated heterocycles. The highest BCUT2D eigenvalue weighted by molar-refractivity contribution is 6.05. The first-order valence-electron chi connectivity index (χ1n) is 13.1. The number of benzene rings is 5. The Morgan fingerprint density at radius 1 is 0.459 bits per heavy atom. The second kappa shape index (κ2) is 9.30. The zero-order valence-corrected chi connectivity index (χ0v) is 22.7. The topological polar surface area (TPSA) is 0 Å². The largest absolute Gasteiger partial charge is 0.207 e. The summed E-state index contributed by atoms with van der Waals surface area (Å²) in [6.45, 7) is 12.9. The molecule has 0 atom stereocenters. The molecule has 0 aliphatic heterocycles. The van der Waals surface area contributed by atoms with Crippen LogP contribution in [0.25, 0.3) is 44.2 Å². The van der Waals surface area contributed by atoms with Gasteiger partial charge in [0.1, 0.15) is 5.82 Å². The van der Waals surface area contributed by atoms with Gasteiger partial charge in [0.05, 0.1) is 0 Å². The van der Waals surface area contributed by atoms with E-state index in [1.807, 2.05) is 18.2 Å². The molecule has 0 amide bonds. The van der Waals surface area contributed by atoms with Crippen molar-refractivity contribution in [3.8, 4) is 33.4 Å². The van der Waals surface area contributed by atoms with Gasteiger partial charge in [-0.3, -0.25) is 0 Å². The molecule has 5 rings (SSSR count). The molecule has 0 nitrogen and oxygen atoms in total. The molecule has 5 aromatic rings. The molecule has 0 aliphatic rings. The first kappa shape index (κ1) is 25.0. The van der Waals surface area contributed by atoms with Crippen LogP contribution < -0.4 is 0 Å². The van der Waals surface area contributed by atoms with Crippen LogP contribution >= 0.6 is 0 Å². The molecule has 0 N–H and O–H groups in total. The molecule has 5 aromatic carbocycles. The number of fused-ring (bicyclic) bond motifs is 1. The van der Waals surface area contributed by atoms with Crippen molar-refractivity contribution in [2.45, 2.75) is 52.4 Å². The van der Waals surface area contributed by atoms with Crippen LogP contribution in [0.2, 0.25) is 0 Å².